The van der Waals surface area contributed by atoms with E-state index in [1.807, 2.05) is 0 Å². The average molecular weight is 345 g/mol. The van der Waals surface area contributed by atoms with Gasteiger partial charge in [-0.1, -0.05) is 11.6 Å². The minimum atomic E-state index is -3.52. The Balaban J connectivity index is 2.18. The van der Waals surface area contributed by atoms with Crippen molar-refractivity contribution in [2.75, 3.05) is 19.4 Å². The van der Waals surface area contributed by atoms with Gasteiger partial charge < -0.3 is 5.32 Å². The summed E-state index contributed by atoms with van der Waals surface area (Å²) in [6.45, 7) is 0. The number of hydrogen-bond donors (Lipinski definition) is 1. The Morgan fingerprint density at radius 2 is 1.86 bits per heavy atom. The van der Waals surface area contributed by atoms with E-state index in [4.69, 9.17) is 11.6 Å². The lowest BCUT2D eigenvalue weighted by Crippen LogP contribution is -2.21. The van der Waals surface area contributed by atoms with Crippen molar-refractivity contribution in [1.82, 2.24) is 4.31 Å². The molecule has 0 unspecified atom stereocenters. The van der Waals surface area contributed by atoms with Crippen molar-refractivity contribution < 1.29 is 13.2 Å². The van der Waals surface area contributed by atoms with E-state index in [0.29, 0.717) is 15.6 Å². The Kier molecular flexibility index (Phi) is 4.67. The number of nitrogens with zero attached hydrogens (tertiary/aromatic N) is 1. The average Bonchev–Trinajstić information content (AvgIpc) is 2.91. The first kappa shape index (κ1) is 16.0. The van der Waals surface area contributed by atoms with Crippen molar-refractivity contribution in [1.29, 1.82) is 0 Å². The predicted octanol–water partition coefficient (Wildman–Crippen LogP) is 2.90. The first-order chi connectivity index (χ1) is 9.80. The molecule has 0 aliphatic carbocycles. The van der Waals surface area contributed by atoms with Gasteiger partial charge in [0, 0.05) is 30.2 Å². The Bertz CT molecular complexity index is 752. The predicted molar refractivity (Wildman–Crippen MR) is 84.6 cm³/mol. The highest BCUT2D eigenvalue weighted by Crippen LogP contribution is 2.22. The monoisotopic (exact) mass is 344 g/mol. The van der Waals surface area contributed by atoms with Crippen molar-refractivity contribution >= 4 is 44.6 Å². The van der Waals surface area contributed by atoms with Gasteiger partial charge in [-0.05, 0) is 30.3 Å². The van der Waals surface area contributed by atoms with Crippen molar-refractivity contribution in [3.8, 4) is 0 Å². The summed E-state index contributed by atoms with van der Waals surface area (Å²) in [4.78, 5) is 12.5. The third-order valence-electron chi connectivity index (χ3n) is 2.68. The maximum absolute atomic E-state index is 12.1. The molecule has 2 rings (SSSR count). The zero-order valence-electron chi connectivity index (χ0n) is 11.3. The Morgan fingerprint density at radius 3 is 2.43 bits per heavy atom. The lowest BCUT2D eigenvalue weighted by atomic mass is 10.3. The number of amides is 1. The molecule has 1 amide bonds. The Hall–Kier alpha value is -1.41. The summed E-state index contributed by atoms with van der Waals surface area (Å²) in [5.41, 5.74) is 0.592. The van der Waals surface area contributed by atoms with Crippen LogP contribution in [0.25, 0.3) is 0 Å². The van der Waals surface area contributed by atoms with Gasteiger partial charge in [0.1, 0.15) is 0 Å². The molecule has 112 valence electrons. The molecule has 1 aromatic carbocycles. The summed E-state index contributed by atoms with van der Waals surface area (Å²) in [5.74, 6) is -0.359. The van der Waals surface area contributed by atoms with Gasteiger partial charge in [0.2, 0.25) is 10.0 Å². The number of anilines is 1. The lowest BCUT2D eigenvalue weighted by molar-refractivity contribution is 0.103. The molecule has 0 radical (unpaired) electrons. The van der Waals surface area contributed by atoms with E-state index in [2.05, 4.69) is 5.32 Å². The quantitative estimate of drug-likeness (QED) is 0.927. The number of benzene rings is 1. The van der Waals surface area contributed by atoms with Crippen LogP contribution in [0.5, 0.6) is 0 Å². The molecule has 0 aliphatic rings. The minimum absolute atomic E-state index is 0.110. The summed E-state index contributed by atoms with van der Waals surface area (Å²) in [6, 6.07) is 8.03. The van der Waals surface area contributed by atoms with Crippen LogP contribution in [-0.4, -0.2) is 32.7 Å². The van der Waals surface area contributed by atoms with Crippen LogP contribution in [0.2, 0.25) is 5.02 Å². The van der Waals surface area contributed by atoms with Gasteiger partial charge in [-0.3, -0.25) is 4.79 Å². The zero-order valence-corrected chi connectivity index (χ0v) is 13.7. The van der Waals surface area contributed by atoms with Gasteiger partial charge in [-0.15, -0.1) is 11.3 Å². The molecule has 1 N–H and O–H groups in total. The van der Waals surface area contributed by atoms with E-state index >= 15 is 0 Å². The molecule has 0 aliphatic heterocycles. The summed E-state index contributed by atoms with van der Waals surface area (Å²) < 4.78 is 25.0. The maximum Gasteiger partial charge on any atom is 0.265 e. The first-order valence-corrected chi connectivity index (χ1v) is 8.58. The second-order valence-corrected chi connectivity index (χ2v) is 7.89. The summed E-state index contributed by atoms with van der Waals surface area (Å²) in [6.07, 6.45) is 0. The number of nitrogens with one attached hydrogen (secondary N) is 1. The van der Waals surface area contributed by atoms with E-state index in [9.17, 15) is 13.2 Å². The lowest BCUT2D eigenvalue weighted by Gasteiger charge is -2.08. The fraction of sp³-hybridized carbons (Fsp3) is 0.154. The van der Waals surface area contributed by atoms with Gasteiger partial charge in [-0.25, -0.2) is 12.7 Å². The van der Waals surface area contributed by atoms with Crippen molar-refractivity contribution in [3.63, 3.8) is 0 Å². The number of rotatable bonds is 4. The number of carbonyl (C=O) groups is 1. The minimum Gasteiger partial charge on any atom is -0.321 e. The summed E-state index contributed by atoms with van der Waals surface area (Å²) >= 11 is 6.85. The van der Waals surface area contributed by atoms with Crippen LogP contribution >= 0.6 is 22.9 Å². The van der Waals surface area contributed by atoms with E-state index in [1.165, 1.54) is 25.5 Å². The standard InChI is InChI=1S/C13H13ClN2O3S2/c1-16(2)21(18,19)11-7-12(20-8-11)13(17)15-10-5-3-9(14)4-6-10/h3-8H,1-2H3,(H,15,17). The molecule has 0 atom stereocenters. The molecule has 8 heteroatoms. The van der Waals surface area contributed by atoms with Crippen LogP contribution in [0.3, 0.4) is 0 Å². The molecule has 21 heavy (non-hydrogen) atoms. The van der Waals surface area contributed by atoms with Crippen LogP contribution in [0.1, 0.15) is 9.67 Å². The van der Waals surface area contributed by atoms with E-state index in [1.54, 1.807) is 24.3 Å². The van der Waals surface area contributed by atoms with Crippen molar-refractivity contribution in [2.45, 2.75) is 4.90 Å². The van der Waals surface area contributed by atoms with Crippen LogP contribution < -0.4 is 5.32 Å². The topological polar surface area (TPSA) is 66.5 Å². The molecular weight excluding hydrogens is 332 g/mol. The fourth-order valence-electron chi connectivity index (χ4n) is 1.51. The molecular formula is C13H13ClN2O3S2. The highest BCUT2D eigenvalue weighted by atomic mass is 35.5. The number of sulfonamides is 1. The zero-order chi connectivity index (χ0) is 15.6. The third-order valence-corrected chi connectivity index (χ3v) is 5.80. The molecule has 1 heterocycles. The summed E-state index contributed by atoms with van der Waals surface area (Å²) in [5, 5.41) is 4.71. The van der Waals surface area contributed by atoms with Crippen molar-refractivity contribution in [2.24, 2.45) is 0 Å². The normalized spacial score (nSPS) is 11.6. The van der Waals surface area contributed by atoms with E-state index in [-0.39, 0.29) is 10.8 Å². The molecule has 1 aromatic heterocycles. The van der Waals surface area contributed by atoms with Crippen LogP contribution in [0, 0.1) is 0 Å². The van der Waals surface area contributed by atoms with Crippen molar-refractivity contribution in [3.05, 3.63) is 45.6 Å². The highest BCUT2D eigenvalue weighted by Gasteiger charge is 2.20. The smallest absolute Gasteiger partial charge is 0.265 e. The number of thiophene rings is 1. The molecule has 0 fully saturated rings. The molecule has 0 saturated heterocycles. The van der Waals surface area contributed by atoms with Gasteiger partial charge in [-0.2, -0.15) is 0 Å². The largest absolute Gasteiger partial charge is 0.321 e. The second kappa shape index (κ2) is 6.15. The fourth-order valence-corrected chi connectivity index (χ4v) is 3.69. The first-order valence-electron chi connectivity index (χ1n) is 5.88. The Labute approximate surface area is 132 Å². The number of halogens is 1. The second-order valence-electron chi connectivity index (χ2n) is 4.40. The third kappa shape index (κ3) is 3.62. The number of hydrogen-bond acceptors (Lipinski definition) is 4. The Morgan fingerprint density at radius 1 is 1.24 bits per heavy atom. The van der Waals surface area contributed by atoms with Gasteiger partial charge >= 0.3 is 0 Å². The summed E-state index contributed by atoms with van der Waals surface area (Å²) in [7, 11) is -0.632. The van der Waals surface area contributed by atoms with Crippen LogP contribution in [0.15, 0.2) is 40.6 Å². The highest BCUT2D eigenvalue weighted by molar-refractivity contribution is 7.89. The van der Waals surface area contributed by atoms with Crippen LogP contribution in [-0.2, 0) is 10.0 Å². The molecule has 0 spiro atoms. The van der Waals surface area contributed by atoms with E-state index in [0.717, 1.165) is 15.6 Å². The molecule has 0 bridgehead atoms. The number of carbonyl (C=O) groups excluding carboxylic acids is 1. The maximum atomic E-state index is 12.1. The van der Waals surface area contributed by atoms with Crippen LogP contribution in [0.4, 0.5) is 5.69 Å². The van der Waals surface area contributed by atoms with Gasteiger partial charge in [0.05, 0.1) is 9.77 Å². The van der Waals surface area contributed by atoms with Gasteiger partial charge in [0.15, 0.2) is 0 Å². The molecule has 0 saturated carbocycles. The van der Waals surface area contributed by atoms with E-state index < -0.39 is 10.0 Å². The SMILES string of the molecule is CN(C)S(=O)(=O)c1csc(C(=O)Nc2ccc(Cl)cc2)c1. The molecule has 2 aromatic rings. The molecule has 5 nitrogen and oxygen atoms in total. The van der Waals surface area contributed by atoms with Gasteiger partial charge in [0.25, 0.3) is 5.91 Å².